The largest absolute Gasteiger partial charge is 0.496 e. The molecule has 5 heteroatoms. The SMILES string of the molecule is COc1ccc(C)cc1C(=O)OCc1nc2ccccc2o1. The minimum atomic E-state index is -0.470. The lowest BCUT2D eigenvalue weighted by atomic mass is 10.1. The van der Waals surface area contributed by atoms with Gasteiger partial charge in [0.25, 0.3) is 0 Å². The molecule has 1 heterocycles. The summed E-state index contributed by atoms with van der Waals surface area (Å²) in [5, 5.41) is 0. The van der Waals surface area contributed by atoms with E-state index in [4.69, 9.17) is 13.9 Å². The summed E-state index contributed by atoms with van der Waals surface area (Å²) < 4.78 is 16.0. The van der Waals surface area contributed by atoms with E-state index in [2.05, 4.69) is 4.98 Å². The molecule has 0 aliphatic heterocycles. The number of esters is 1. The van der Waals surface area contributed by atoms with Crippen molar-refractivity contribution in [2.75, 3.05) is 7.11 Å². The molecule has 1 aromatic heterocycles. The molecule has 0 saturated heterocycles. The number of rotatable bonds is 4. The summed E-state index contributed by atoms with van der Waals surface area (Å²) in [6.07, 6.45) is 0. The van der Waals surface area contributed by atoms with Crippen molar-refractivity contribution in [3.05, 3.63) is 59.5 Å². The minimum Gasteiger partial charge on any atom is -0.496 e. The zero-order chi connectivity index (χ0) is 15.5. The number of benzene rings is 2. The third-order valence-corrected chi connectivity index (χ3v) is 3.24. The molecule has 0 amide bonds. The average Bonchev–Trinajstić information content (AvgIpc) is 2.95. The predicted molar refractivity (Wildman–Crippen MR) is 80.9 cm³/mol. The fourth-order valence-electron chi connectivity index (χ4n) is 2.17. The van der Waals surface area contributed by atoms with E-state index in [-0.39, 0.29) is 6.61 Å². The first-order chi connectivity index (χ1) is 10.7. The number of oxazole rings is 1. The third-order valence-electron chi connectivity index (χ3n) is 3.24. The second-order valence-electron chi connectivity index (χ2n) is 4.86. The standard InChI is InChI=1S/C17H15NO4/c1-11-7-8-14(20-2)12(9-11)17(19)21-10-16-18-13-5-3-4-6-15(13)22-16/h3-9H,10H2,1-2H3. The molecule has 2 aromatic carbocycles. The average molecular weight is 297 g/mol. The van der Waals surface area contributed by atoms with Crippen LogP contribution in [0.4, 0.5) is 0 Å². The van der Waals surface area contributed by atoms with Gasteiger partial charge in [-0.25, -0.2) is 9.78 Å². The molecule has 0 N–H and O–H groups in total. The van der Waals surface area contributed by atoms with Gasteiger partial charge in [-0.05, 0) is 31.2 Å². The Balaban J connectivity index is 1.76. The maximum absolute atomic E-state index is 12.2. The Labute approximate surface area is 127 Å². The van der Waals surface area contributed by atoms with Crippen LogP contribution in [0, 0.1) is 6.92 Å². The van der Waals surface area contributed by atoms with Crippen LogP contribution in [-0.4, -0.2) is 18.1 Å². The number of fused-ring (bicyclic) bond motifs is 1. The van der Waals surface area contributed by atoms with Crippen molar-refractivity contribution in [1.82, 2.24) is 4.98 Å². The van der Waals surface area contributed by atoms with E-state index in [1.165, 1.54) is 7.11 Å². The second-order valence-corrected chi connectivity index (χ2v) is 4.86. The second kappa shape index (κ2) is 5.89. The maximum Gasteiger partial charge on any atom is 0.342 e. The zero-order valence-corrected chi connectivity index (χ0v) is 12.3. The van der Waals surface area contributed by atoms with Gasteiger partial charge in [-0.1, -0.05) is 23.8 Å². The normalized spacial score (nSPS) is 10.6. The van der Waals surface area contributed by atoms with Crippen LogP contribution in [0.5, 0.6) is 5.75 Å². The maximum atomic E-state index is 12.2. The number of hydrogen-bond donors (Lipinski definition) is 0. The van der Waals surface area contributed by atoms with E-state index >= 15 is 0 Å². The highest BCUT2D eigenvalue weighted by Gasteiger charge is 2.15. The smallest absolute Gasteiger partial charge is 0.342 e. The first-order valence-corrected chi connectivity index (χ1v) is 6.83. The van der Waals surface area contributed by atoms with Gasteiger partial charge in [0.2, 0.25) is 5.89 Å². The number of nitrogens with zero attached hydrogens (tertiary/aromatic N) is 1. The van der Waals surface area contributed by atoms with Crippen LogP contribution in [0.1, 0.15) is 21.8 Å². The van der Waals surface area contributed by atoms with Crippen LogP contribution in [0.15, 0.2) is 46.9 Å². The molecule has 0 aliphatic rings. The molecule has 0 aliphatic carbocycles. The number of methoxy groups -OCH3 is 1. The Bertz CT molecular complexity index is 789. The van der Waals surface area contributed by atoms with Crippen LogP contribution < -0.4 is 4.74 Å². The molecule has 0 bridgehead atoms. The first kappa shape index (κ1) is 14.1. The molecular weight excluding hydrogens is 282 g/mol. The van der Waals surface area contributed by atoms with Crippen molar-refractivity contribution in [2.24, 2.45) is 0 Å². The molecule has 5 nitrogen and oxygen atoms in total. The lowest BCUT2D eigenvalue weighted by Gasteiger charge is -2.08. The highest BCUT2D eigenvalue weighted by Crippen LogP contribution is 2.21. The quantitative estimate of drug-likeness (QED) is 0.690. The van der Waals surface area contributed by atoms with E-state index in [9.17, 15) is 4.79 Å². The molecule has 0 unspecified atom stereocenters. The van der Waals surface area contributed by atoms with E-state index in [1.54, 1.807) is 12.1 Å². The van der Waals surface area contributed by atoms with Crippen molar-refractivity contribution in [3.63, 3.8) is 0 Å². The highest BCUT2D eigenvalue weighted by atomic mass is 16.5. The van der Waals surface area contributed by atoms with E-state index in [0.717, 1.165) is 11.1 Å². The number of carbonyl (C=O) groups excluding carboxylic acids is 1. The molecule has 0 atom stereocenters. The molecule has 0 fully saturated rings. The van der Waals surface area contributed by atoms with E-state index in [1.807, 2.05) is 37.3 Å². The summed E-state index contributed by atoms with van der Waals surface area (Å²) in [6.45, 7) is 1.88. The lowest BCUT2D eigenvalue weighted by Crippen LogP contribution is -2.07. The number of carbonyl (C=O) groups is 1. The van der Waals surface area contributed by atoms with Crippen molar-refractivity contribution in [3.8, 4) is 5.75 Å². The predicted octanol–water partition coefficient (Wildman–Crippen LogP) is 3.50. The van der Waals surface area contributed by atoms with Crippen LogP contribution in [0.25, 0.3) is 11.1 Å². The van der Waals surface area contributed by atoms with Crippen LogP contribution >= 0.6 is 0 Å². The zero-order valence-electron chi connectivity index (χ0n) is 12.3. The van der Waals surface area contributed by atoms with Crippen LogP contribution in [-0.2, 0) is 11.3 Å². The molecular formula is C17H15NO4. The van der Waals surface area contributed by atoms with Gasteiger partial charge in [0.15, 0.2) is 12.2 Å². The van der Waals surface area contributed by atoms with Gasteiger partial charge < -0.3 is 13.9 Å². The van der Waals surface area contributed by atoms with Crippen molar-refractivity contribution >= 4 is 17.1 Å². The van der Waals surface area contributed by atoms with Gasteiger partial charge in [-0.2, -0.15) is 0 Å². The van der Waals surface area contributed by atoms with Gasteiger partial charge >= 0.3 is 5.97 Å². The summed E-state index contributed by atoms with van der Waals surface area (Å²) in [5.74, 6) is 0.372. The lowest BCUT2D eigenvalue weighted by molar-refractivity contribution is 0.0436. The molecule has 22 heavy (non-hydrogen) atoms. The Kier molecular flexibility index (Phi) is 3.78. The van der Waals surface area contributed by atoms with Crippen LogP contribution in [0.2, 0.25) is 0 Å². The fourth-order valence-corrected chi connectivity index (χ4v) is 2.17. The molecule has 3 aromatic rings. The number of aryl methyl sites for hydroxylation is 1. The fraction of sp³-hybridized carbons (Fsp3) is 0.176. The summed E-state index contributed by atoms with van der Waals surface area (Å²) in [7, 11) is 1.52. The summed E-state index contributed by atoms with van der Waals surface area (Å²) in [5.41, 5.74) is 2.75. The topological polar surface area (TPSA) is 61.6 Å². The summed E-state index contributed by atoms with van der Waals surface area (Å²) >= 11 is 0. The van der Waals surface area contributed by atoms with Gasteiger partial charge in [-0.15, -0.1) is 0 Å². The molecule has 0 radical (unpaired) electrons. The Morgan fingerprint density at radius 2 is 2.05 bits per heavy atom. The Morgan fingerprint density at radius 3 is 2.82 bits per heavy atom. The molecule has 3 rings (SSSR count). The highest BCUT2D eigenvalue weighted by molar-refractivity contribution is 5.92. The van der Waals surface area contributed by atoms with Gasteiger partial charge in [0.1, 0.15) is 16.8 Å². The van der Waals surface area contributed by atoms with Gasteiger partial charge in [0, 0.05) is 0 Å². The number of aromatic nitrogens is 1. The van der Waals surface area contributed by atoms with Crippen molar-refractivity contribution < 1.29 is 18.7 Å². The van der Waals surface area contributed by atoms with Gasteiger partial charge in [0.05, 0.1) is 7.11 Å². The summed E-state index contributed by atoms with van der Waals surface area (Å²) in [6, 6.07) is 12.7. The third kappa shape index (κ3) is 2.79. The molecule has 0 spiro atoms. The summed E-state index contributed by atoms with van der Waals surface area (Å²) in [4.78, 5) is 16.5. The number of para-hydroxylation sites is 2. The number of hydrogen-bond acceptors (Lipinski definition) is 5. The monoisotopic (exact) mass is 297 g/mol. The van der Waals surface area contributed by atoms with Crippen molar-refractivity contribution in [1.29, 1.82) is 0 Å². The van der Waals surface area contributed by atoms with E-state index < -0.39 is 5.97 Å². The van der Waals surface area contributed by atoms with Crippen LogP contribution in [0.3, 0.4) is 0 Å². The van der Waals surface area contributed by atoms with Gasteiger partial charge in [-0.3, -0.25) is 0 Å². The Morgan fingerprint density at radius 1 is 1.23 bits per heavy atom. The Hall–Kier alpha value is -2.82. The van der Waals surface area contributed by atoms with E-state index in [0.29, 0.717) is 22.8 Å². The van der Waals surface area contributed by atoms with Crippen molar-refractivity contribution in [2.45, 2.75) is 13.5 Å². The minimum absolute atomic E-state index is 0.0232. The molecule has 0 saturated carbocycles. The molecule has 112 valence electrons. The first-order valence-electron chi connectivity index (χ1n) is 6.83. The number of ether oxygens (including phenoxy) is 2.